The average molecular weight is 391 g/mol. The summed E-state index contributed by atoms with van der Waals surface area (Å²) in [6, 6.07) is 8.36. The number of hydrogen-bond acceptors (Lipinski definition) is 0. The van der Waals surface area contributed by atoms with E-state index in [1.54, 1.807) is 0 Å². The Morgan fingerprint density at radius 1 is 0.792 bits per heavy atom. The van der Waals surface area contributed by atoms with Crippen LogP contribution < -0.4 is 12.4 Å². The number of unbranched alkanes of at least 4 members (excludes halogenated alkanes) is 9. The highest BCUT2D eigenvalue weighted by Gasteiger charge is 2.25. The number of rotatable bonds is 13. The Kier molecular flexibility index (Phi) is 14.5. The van der Waals surface area contributed by atoms with Crippen molar-refractivity contribution in [3.8, 4) is 0 Å². The molecule has 0 amide bonds. The third kappa shape index (κ3) is 11.7. The predicted octanol–water partition coefficient (Wildman–Crippen LogP) is 5.04. The molecule has 0 saturated heterocycles. The van der Waals surface area contributed by atoms with Gasteiger partial charge < -0.3 is 12.4 Å². The molecule has 140 valence electrons. The lowest BCUT2D eigenvalue weighted by atomic mass is 10.1. The van der Waals surface area contributed by atoms with Gasteiger partial charge >= 0.3 is 0 Å². The van der Waals surface area contributed by atoms with E-state index in [0.717, 1.165) is 5.02 Å². The summed E-state index contributed by atoms with van der Waals surface area (Å²) >= 11 is 6.31. The maximum atomic E-state index is 6.31. The molecule has 0 bridgehead atoms. The van der Waals surface area contributed by atoms with Crippen LogP contribution in [0.25, 0.3) is 0 Å². The van der Waals surface area contributed by atoms with Gasteiger partial charge in [-0.25, -0.2) is 0 Å². The largest absolute Gasteiger partial charge is 1.00 e. The smallest absolute Gasteiger partial charge is 0.0852 e. The monoisotopic (exact) mass is 390 g/mol. The maximum Gasteiger partial charge on any atom is 0.0852 e. The summed E-state index contributed by atoms with van der Waals surface area (Å²) in [4.78, 5) is 0. The molecule has 0 fully saturated rings. The van der Waals surface area contributed by atoms with Crippen molar-refractivity contribution in [1.29, 1.82) is 0 Å². The lowest BCUT2D eigenvalue weighted by Gasteiger charge is -2.19. The van der Waals surface area contributed by atoms with Crippen LogP contribution in [0.2, 0.25) is 5.02 Å². The van der Waals surface area contributed by atoms with Gasteiger partial charge in [-0.3, -0.25) is 0 Å². The molecule has 0 unspecified atom stereocenters. The van der Waals surface area contributed by atoms with Gasteiger partial charge in [-0.05, 0) is 18.9 Å². The normalized spacial score (nSPS) is 11.3. The molecule has 0 atom stereocenters. The fourth-order valence-corrected chi connectivity index (χ4v) is 5.93. The van der Waals surface area contributed by atoms with Crippen molar-refractivity contribution < 1.29 is 12.4 Å². The minimum atomic E-state index is -0.850. The zero-order valence-corrected chi connectivity index (χ0v) is 18.4. The molecule has 1 aromatic rings. The fourth-order valence-electron chi connectivity index (χ4n) is 3.19. The van der Waals surface area contributed by atoms with Crippen molar-refractivity contribution in [3.05, 3.63) is 34.9 Å². The maximum absolute atomic E-state index is 6.31. The van der Waals surface area contributed by atoms with Gasteiger partial charge in [0.15, 0.2) is 0 Å². The Morgan fingerprint density at radius 3 is 1.83 bits per heavy atom. The number of hydrogen-bond donors (Lipinski definition) is 0. The molecule has 0 spiro atoms. The molecule has 0 aromatic heterocycles. The molecule has 0 aliphatic heterocycles. The summed E-state index contributed by atoms with van der Waals surface area (Å²) in [7, 11) is -0.850. The molecule has 0 aliphatic rings. The van der Waals surface area contributed by atoms with E-state index in [0.29, 0.717) is 0 Å². The van der Waals surface area contributed by atoms with Gasteiger partial charge in [0.2, 0.25) is 0 Å². The third-order valence-corrected chi connectivity index (χ3v) is 7.77. The van der Waals surface area contributed by atoms with E-state index in [1.165, 1.54) is 82.1 Å². The Balaban J connectivity index is 0.00000529. The summed E-state index contributed by atoms with van der Waals surface area (Å²) in [5.41, 5.74) is 1.35. The van der Waals surface area contributed by atoms with E-state index in [4.69, 9.17) is 11.6 Å². The first-order valence-corrected chi connectivity index (χ1v) is 13.0. The Hall–Kier alpha value is 0.230. The van der Waals surface area contributed by atoms with Gasteiger partial charge in [0, 0.05) is 31.2 Å². The van der Waals surface area contributed by atoms with Crippen LogP contribution >= 0.6 is 18.9 Å². The molecule has 0 nitrogen and oxygen atoms in total. The van der Waals surface area contributed by atoms with Crippen molar-refractivity contribution in [2.24, 2.45) is 0 Å². The van der Waals surface area contributed by atoms with E-state index in [-0.39, 0.29) is 12.4 Å². The summed E-state index contributed by atoms with van der Waals surface area (Å²) in [5.74, 6) is 0. The lowest BCUT2D eigenvalue weighted by molar-refractivity contribution is -0.00000512. The van der Waals surface area contributed by atoms with E-state index in [2.05, 4.69) is 32.4 Å². The van der Waals surface area contributed by atoms with Gasteiger partial charge in [-0.1, -0.05) is 88.1 Å². The minimum Gasteiger partial charge on any atom is -1.00 e. The second-order valence-electron chi connectivity index (χ2n) is 7.59. The zero-order chi connectivity index (χ0) is 17.0. The number of halogens is 2. The van der Waals surface area contributed by atoms with Gasteiger partial charge in [0.25, 0.3) is 0 Å². The van der Waals surface area contributed by atoms with Gasteiger partial charge in [-0.15, -0.1) is 0 Å². The first-order valence-electron chi connectivity index (χ1n) is 9.60. The van der Waals surface area contributed by atoms with Crippen LogP contribution in [0.5, 0.6) is 0 Å². The first-order chi connectivity index (χ1) is 11.0. The van der Waals surface area contributed by atoms with E-state index in [9.17, 15) is 0 Å². The van der Waals surface area contributed by atoms with Crippen LogP contribution in [-0.4, -0.2) is 19.5 Å². The van der Waals surface area contributed by atoms with Crippen LogP contribution in [-0.2, 0) is 6.16 Å². The van der Waals surface area contributed by atoms with Crippen LogP contribution in [0, 0.1) is 0 Å². The molecule has 0 saturated carbocycles. The van der Waals surface area contributed by atoms with Crippen molar-refractivity contribution >= 4 is 18.9 Å². The second-order valence-corrected chi connectivity index (χ2v) is 12.6. The minimum absolute atomic E-state index is 0. The first kappa shape index (κ1) is 24.2. The molecular weight excluding hydrogens is 354 g/mol. The highest BCUT2D eigenvalue weighted by Crippen LogP contribution is 2.55. The highest BCUT2D eigenvalue weighted by atomic mass is 35.5. The van der Waals surface area contributed by atoms with Crippen LogP contribution in [0.1, 0.15) is 76.7 Å². The molecular formula is C21H37Cl2P. The summed E-state index contributed by atoms with van der Waals surface area (Å²) in [5, 5.41) is 0.948. The quantitative estimate of drug-likeness (QED) is 0.326. The lowest BCUT2D eigenvalue weighted by Crippen LogP contribution is -3.00. The highest BCUT2D eigenvalue weighted by molar-refractivity contribution is 7.73. The topological polar surface area (TPSA) is 0 Å². The van der Waals surface area contributed by atoms with Crippen LogP contribution in [0.15, 0.2) is 24.3 Å². The van der Waals surface area contributed by atoms with Crippen molar-refractivity contribution in [2.75, 3.05) is 19.5 Å². The number of benzene rings is 1. The van der Waals surface area contributed by atoms with Crippen molar-refractivity contribution in [3.63, 3.8) is 0 Å². The molecule has 0 radical (unpaired) electrons. The Morgan fingerprint density at radius 2 is 1.29 bits per heavy atom. The molecule has 3 heteroatoms. The SMILES string of the molecule is CCCCCCCCCCCC[P+](C)(C)Cc1ccccc1Cl.[Cl-]. The summed E-state index contributed by atoms with van der Waals surface area (Å²) < 4.78 is 0. The molecule has 0 heterocycles. The fraction of sp³-hybridized carbons (Fsp3) is 0.714. The van der Waals surface area contributed by atoms with Gasteiger partial charge in [-0.2, -0.15) is 0 Å². The van der Waals surface area contributed by atoms with E-state index < -0.39 is 7.26 Å². The van der Waals surface area contributed by atoms with Crippen LogP contribution in [0.4, 0.5) is 0 Å². The molecule has 0 aliphatic carbocycles. The molecule has 1 aromatic carbocycles. The van der Waals surface area contributed by atoms with Crippen molar-refractivity contribution in [1.82, 2.24) is 0 Å². The molecule has 0 N–H and O–H groups in total. The average Bonchev–Trinajstić information content (AvgIpc) is 2.51. The predicted molar refractivity (Wildman–Crippen MR) is 111 cm³/mol. The standard InChI is InChI=1S/C21H37ClP.ClH/c1-4-5-6-7-8-9-10-11-12-15-18-23(2,3)19-20-16-13-14-17-21(20)22;/h13-14,16-17H,4-12,15,18-19H2,1-3H3;1H/q+1;/p-1. The van der Waals surface area contributed by atoms with E-state index in [1.807, 2.05) is 12.1 Å². The molecule has 1 rings (SSSR count). The Bertz CT molecular complexity index is 418. The van der Waals surface area contributed by atoms with Gasteiger partial charge in [0.1, 0.15) is 0 Å². The van der Waals surface area contributed by atoms with Crippen LogP contribution in [0.3, 0.4) is 0 Å². The van der Waals surface area contributed by atoms with Crippen molar-refractivity contribution in [2.45, 2.75) is 77.3 Å². The zero-order valence-electron chi connectivity index (χ0n) is 16.0. The van der Waals surface area contributed by atoms with E-state index >= 15 is 0 Å². The second kappa shape index (κ2) is 14.4. The molecule has 24 heavy (non-hydrogen) atoms. The van der Waals surface area contributed by atoms with Gasteiger partial charge in [0.05, 0.1) is 12.3 Å². The third-order valence-electron chi connectivity index (χ3n) is 4.67. The summed E-state index contributed by atoms with van der Waals surface area (Å²) in [6.07, 6.45) is 16.9. The Labute approximate surface area is 162 Å². The summed E-state index contributed by atoms with van der Waals surface area (Å²) in [6.45, 7) is 7.27.